The SMILES string of the molecule is C[NH+](CC(=O)Nc1ccc(N2CCOCC2)cc1)Cc1ncc(-c2ccccc2)o1. The van der Waals surface area contributed by atoms with E-state index in [9.17, 15) is 4.79 Å². The highest BCUT2D eigenvalue weighted by atomic mass is 16.5. The van der Waals surface area contributed by atoms with Gasteiger partial charge in [-0.1, -0.05) is 30.3 Å². The third-order valence-corrected chi connectivity index (χ3v) is 5.05. The minimum atomic E-state index is -0.0403. The van der Waals surface area contributed by atoms with Crippen LogP contribution in [0, 0.1) is 0 Å². The molecule has 1 aromatic heterocycles. The molecule has 0 spiro atoms. The molecule has 30 heavy (non-hydrogen) atoms. The Morgan fingerprint density at radius 3 is 2.57 bits per heavy atom. The topological polar surface area (TPSA) is 72.0 Å². The number of carbonyl (C=O) groups is 1. The summed E-state index contributed by atoms with van der Waals surface area (Å²) in [5.74, 6) is 1.32. The molecule has 1 atom stereocenters. The normalized spacial score (nSPS) is 15.0. The van der Waals surface area contributed by atoms with E-state index in [1.807, 2.05) is 61.6 Å². The summed E-state index contributed by atoms with van der Waals surface area (Å²) in [4.78, 5) is 20.0. The highest BCUT2D eigenvalue weighted by molar-refractivity contribution is 5.91. The fraction of sp³-hybridized carbons (Fsp3) is 0.304. The predicted octanol–water partition coefficient (Wildman–Crippen LogP) is 1.83. The van der Waals surface area contributed by atoms with Gasteiger partial charge in [0.1, 0.15) is 0 Å². The van der Waals surface area contributed by atoms with Gasteiger partial charge < -0.3 is 24.3 Å². The van der Waals surface area contributed by atoms with Crippen LogP contribution in [0.15, 0.2) is 65.2 Å². The molecule has 2 N–H and O–H groups in total. The Morgan fingerprint density at radius 2 is 1.83 bits per heavy atom. The Hall–Kier alpha value is -3.16. The summed E-state index contributed by atoms with van der Waals surface area (Å²) in [5, 5.41) is 2.97. The molecule has 1 saturated heterocycles. The van der Waals surface area contributed by atoms with Gasteiger partial charge in [-0.15, -0.1) is 0 Å². The monoisotopic (exact) mass is 407 g/mol. The highest BCUT2D eigenvalue weighted by Gasteiger charge is 2.15. The maximum absolute atomic E-state index is 12.4. The lowest BCUT2D eigenvalue weighted by atomic mass is 10.2. The summed E-state index contributed by atoms with van der Waals surface area (Å²) in [6.07, 6.45) is 1.73. The van der Waals surface area contributed by atoms with Crippen molar-refractivity contribution in [3.05, 3.63) is 66.7 Å². The van der Waals surface area contributed by atoms with Crippen molar-refractivity contribution >= 4 is 17.3 Å². The largest absolute Gasteiger partial charge is 0.435 e. The van der Waals surface area contributed by atoms with E-state index in [1.165, 1.54) is 0 Å². The minimum absolute atomic E-state index is 0.0403. The van der Waals surface area contributed by atoms with Crippen molar-refractivity contribution in [2.45, 2.75) is 6.54 Å². The Bertz CT molecular complexity index is 950. The van der Waals surface area contributed by atoms with E-state index in [-0.39, 0.29) is 5.91 Å². The van der Waals surface area contributed by atoms with Crippen molar-refractivity contribution in [1.82, 2.24) is 4.98 Å². The van der Waals surface area contributed by atoms with Crippen LogP contribution < -0.4 is 15.1 Å². The number of quaternary nitrogens is 1. The van der Waals surface area contributed by atoms with Gasteiger partial charge in [0.15, 0.2) is 18.8 Å². The summed E-state index contributed by atoms with van der Waals surface area (Å²) in [6.45, 7) is 4.17. The minimum Gasteiger partial charge on any atom is -0.435 e. The number of hydrogen-bond donors (Lipinski definition) is 2. The number of likely N-dealkylation sites (N-methyl/N-ethyl adjacent to an activating group) is 1. The van der Waals surface area contributed by atoms with Gasteiger partial charge in [0, 0.05) is 30.0 Å². The number of ether oxygens (including phenoxy) is 1. The number of nitrogens with zero attached hydrogens (tertiary/aromatic N) is 2. The molecule has 2 aromatic carbocycles. The molecule has 7 heteroatoms. The summed E-state index contributed by atoms with van der Waals surface area (Å²) >= 11 is 0. The number of carbonyl (C=O) groups excluding carboxylic acids is 1. The molecule has 2 heterocycles. The van der Waals surface area contributed by atoms with Crippen molar-refractivity contribution in [3.63, 3.8) is 0 Å². The Kier molecular flexibility index (Phi) is 6.41. The smallest absolute Gasteiger partial charge is 0.279 e. The third-order valence-electron chi connectivity index (χ3n) is 5.05. The standard InChI is InChI=1S/C23H26N4O3/c1-26(17-23-24-15-21(30-23)18-5-3-2-4-6-18)16-22(28)25-19-7-9-20(10-8-19)27-11-13-29-14-12-27/h2-10,15H,11-14,16-17H2,1H3,(H,25,28)/p+1. The molecule has 0 aliphatic carbocycles. The molecule has 3 aromatic rings. The molecule has 156 valence electrons. The van der Waals surface area contributed by atoms with Gasteiger partial charge in [0.2, 0.25) is 0 Å². The number of amides is 1. The van der Waals surface area contributed by atoms with Crippen LogP contribution in [0.1, 0.15) is 5.89 Å². The Labute approximate surface area is 176 Å². The number of oxazole rings is 1. The van der Waals surface area contributed by atoms with Crippen LogP contribution in [0.3, 0.4) is 0 Å². The van der Waals surface area contributed by atoms with Crippen LogP contribution in [-0.4, -0.2) is 50.8 Å². The molecule has 0 radical (unpaired) electrons. The summed E-state index contributed by atoms with van der Waals surface area (Å²) < 4.78 is 11.2. The molecule has 1 fully saturated rings. The first kappa shape index (κ1) is 20.1. The number of nitrogens with one attached hydrogen (secondary N) is 2. The molecule has 1 aliphatic heterocycles. The molecular weight excluding hydrogens is 380 g/mol. The lowest BCUT2D eigenvalue weighted by Crippen LogP contribution is -3.08. The van der Waals surface area contributed by atoms with Crippen LogP contribution in [0.4, 0.5) is 11.4 Å². The molecule has 1 aliphatic rings. The van der Waals surface area contributed by atoms with Crippen LogP contribution >= 0.6 is 0 Å². The van der Waals surface area contributed by atoms with Gasteiger partial charge in [0.05, 0.1) is 26.5 Å². The van der Waals surface area contributed by atoms with Gasteiger partial charge >= 0.3 is 0 Å². The van der Waals surface area contributed by atoms with Gasteiger partial charge in [-0.2, -0.15) is 0 Å². The molecule has 4 rings (SSSR count). The van der Waals surface area contributed by atoms with Gasteiger partial charge in [-0.25, -0.2) is 4.98 Å². The van der Waals surface area contributed by atoms with E-state index in [1.54, 1.807) is 6.20 Å². The fourth-order valence-electron chi connectivity index (χ4n) is 3.50. The van der Waals surface area contributed by atoms with Crippen LogP contribution in [-0.2, 0) is 16.1 Å². The van der Waals surface area contributed by atoms with E-state index in [4.69, 9.17) is 9.15 Å². The lowest BCUT2D eigenvalue weighted by Gasteiger charge is -2.28. The summed E-state index contributed by atoms with van der Waals surface area (Å²) in [6, 6.07) is 17.8. The van der Waals surface area contributed by atoms with Gasteiger partial charge in [-0.3, -0.25) is 4.79 Å². The molecule has 0 bridgehead atoms. The predicted molar refractivity (Wildman–Crippen MR) is 116 cm³/mol. The Morgan fingerprint density at radius 1 is 1.10 bits per heavy atom. The average Bonchev–Trinajstić information content (AvgIpc) is 3.23. The first-order valence-electron chi connectivity index (χ1n) is 10.2. The number of hydrogen-bond acceptors (Lipinski definition) is 5. The van der Waals surface area contributed by atoms with Crippen molar-refractivity contribution in [2.75, 3.05) is 50.1 Å². The maximum atomic E-state index is 12.4. The fourth-order valence-corrected chi connectivity index (χ4v) is 3.50. The van der Waals surface area contributed by atoms with E-state index in [0.29, 0.717) is 19.0 Å². The van der Waals surface area contributed by atoms with Crippen LogP contribution in [0.25, 0.3) is 11.3 Å². The third kappa shape index (κ3) is 5.25. The van der Waals surface area contributed by atoms with Gasteiger partial charge in [0.25, 0.3) is 11.8 Å². The lowest BCUT2D eigenvalue weighted by molar-refractivity contribution is -0.886. The second-order valence-corrected chi connectivity index (χ2v) is 7.49. The van der Waals surface area contributed by atoms with Crippen molar-refractivity contribution in [2.24, 2.45) is 0 Å². The van der Waals surface area contributed by atoms with Crippen LogP contribution in [0.5, 0.6) is 0 Å². The maximum Gasteiger partial charge on any atom is 0.279 e. The number of rotatable bonds is 7. The van der Waals surface area contributed by atoms with Gasteiger partial charge in [-0.05, 0) is 24.3 Å². The van der Waals surface area contributed by atoms with Crippen LogP contribution in [0.2, 0.25) is 0 Å². The van der Waals surface area contributed by atoms with Crippen molar-refractivity contribution < 1.29 is 18.8 Å². The average molecular weight is 407 g/mol. The number of benzene rings is 2. The molecular formula is C23H27N4O3+. The zero-order valence-electron chi connectivity index (χ0n) is 17.1. The zero-order chi connectivity index (χ0) is 20.8. The number of morpholine rings is 1. The number of anilines is 2. The van der Waals surface area contributed by atoms with Crippen molar-refractivity contribution in [1.29, 1.82) is 0 Å². The zero-order valence-corrected chi connectivity index (χ0v) is 17.1. The highest BCUT2D eigenvalue weighted by Crippen LogP contribution is 2.20. The summed E-state index contributed by atoms with van der Waals surface area (Å²) in [7, 11) is 1.95. The first-order chi connectivity index (χ1) is 14.7. The van der Waals surface area contributed by atoms with E-state index < -0.39 is 0 Å². The van der Waals surface area contributed by atoms with E-state index in [2.05, 4.69) is 15.2 Å². The van der Waals surface area contributed by atoms with E-state index in [0.717, 1.165) is 53.9 Å². The Balaban J connectivity index is 1.27. The first-order valence-corrected chi connectivity index (χ1v) is 10.2. The molecule has 7 nitrogen and oxygen atoms in total. The molecule has 1 amide bonds. The quantitative estimate of drug-likeness (QED) is 0.625. The second-order valence-electron chi connectivity index (χ2n) is 7.49. The second kappa shape index (κ2) is 9.56. The number of aromatic nitrogens is 1. The van der Waals surface area contributed by atoms with Crippen molar-refractivity contribution in [3.8, 4) is 11.3 Å². The van der Waals surface area contributed by atoms with E-state index >= 15 is 0 Å². The molecule has 1 unspecified atom stereocenters. The molecule has 0 saturated carbocycles. The summed E-state index contributed by atoms with van der Waals surface area (Å²) in [5.41, 5.74) is 2.94.